The van der Waals surface area contributed by atoms with Gasteiger partial charge in [-0.2, -0.15) is 0 Å². The van der Waals surface area contributed by atoms with E-state index in [1.807, 2.05) is 0 Å². The Morgan fingerprint density at radius 3 is 2.36 bits per heavy atom. The fourth-order valence-electron chi connectivity index (χ4n) is 2.39. The van der Waals surface area contributed by atoms with Crippen molar-refractivity contribution in [3.63, 3.8) is 0 Å². The highest BCUT2D eigenvalue weighted by molar-refractivity contribution is 5.76. The van der Waals surface area contributed by atoms with Gasteiger partial charge in [-0.1, -0.05) is 0 Å². The maximum Gasteiger partial charge on any atom is 0.364 e. The van der Waals surface area contributed by atoms with Gasteiger partial charge in [0.15, 0.2) is 0 Å². The lowest BCUT2D eigenvalue weighted by atomic mass is 9.88. The summed E-state index contributed by atoms with van der Waals surface area (Å²) in [6, 6.07) is -1.21. The van der Waals surface area contributed by atoms with Crippen molar-refractivity contribution in [3.8, 4) is 0 Å². The fourth-order valence-corrected chi connectivity index (χ4v) is 2.39. The Labute approximate surface area is 126 Å². The molecule has 1 unspecified atom stereocenters. The molecule has 10 heteroatoms. The van der Waals surface area contributed by atoms with Crippen molar-refractivity contribution in [1.29, 1.82) is 0 Å². The number of hydrogen-bond acceptors (Lipinski definition) is 8. The van der Waals surface area contributed by atoms with Gasteiger partial charge in [-0.05, 0) is 0 Å². The minimum Gasteiger partial charge on any atom is -0.477 e. The van der Waals surface area contributed by atoms with Crippen LogP contribution >= 0.6 is 0 Å². The van der Waals surface area contributed by atoms with Gasteiger partial charge in [0.25, 0.3) is 5.79 Å². The fraction of sp³-hybridized carbons (Fsp3) is 0.833. The second-order valence-electron chi connectivity index (χ2n) is 5.30. The van der Waals surface area contributed by atoms with Crippen LogP contribution in [0, 0.1) is 0 Å². The molecule has 6 N–H and O–H groups in total. The molecule has 1 aliphatic heterocycles. The average molecular weight is 323 g/mol. The molecule has 0 aliphatic carbocycles. The number of hydrogen-bond donors (Lipinski definition) is 6. The molecule has 0 spiro atoms. The predicted octanol–water partition coefficient (Wildman–Crippen LogP) is -3.53. The number of aliphatic hydroxyl groups excluding tert-OH is 4. The molecule has 1 amide bonds. The third-order valence-corrected chi connectivity index (χ3v) is 3.74. The van der Waals surface area contributed by atoms with Crippen molar-refractivity contribution in [1.82, 2.24) is 4.90 Å². The molecule has 128 valence electrons. The van der Waals surface area contributed by atoms with Gasteiger partial charge < -0.3 is 40.3 Å². The Kier molecular flexibility index (Phi) is 5.84. The standard InChI is InChI=1S/C12H21NO9/c1-5(15)13(2)8-6(16)3-12(21,11(19)20)22-10(8)9(18)7(17)4-14/h6-10,14,16-18,21H,3-4H2,1-2H3,(H,19,20)/t6-,7?,8+,9+,10+,12-/m0/s1. The van der Waals surface area contributed by atoms with Crippen LogP contribution in [0.3, 0.4) is 0 Å². The van der Waals surface area contributed by atoms with E-state index < -0.39 is 61.1 Å². The Hall–Kier alpha value is -1.30. The zero-order chi connectivity index (χ0) is 17.2. The minimum atomic E-state index is -2.78. The first kappa shape index (κ1) is 18.7. The van der Waals surface area contributed by atoms with Crippen molar-refractivity contribution in [2.45, 2.75) is 49.6 Å². The number of likely N-dealkylation sites (N-methyl/N-ethyl adjacent to an activating group) is 1. The van der Waals surface area contributed by atoms with Crippen molar-refractivity contribution in [3.05, 3.63) is 0 Å². The van der Waals surface area contributed by atoms with E-state index >= 15 is 0 Å². The van der Waals surface area contributed by atoms with E-state index in [-0.39, 0.29) is 0 Å². The molecule has 1 aliphatic rings. The summed E-state index contributed by atoms with van der Waals surface area (Å²) in [6.07, 6.45) is -7.44. The summed E-state index contributed by atoms with van der Waals surface area (Å²) in [5.41, 5.74) is 0. The maximum absolute atomic E-state index is 11.5. The summed E-state index contributed by atoms with van der Waals surface area (Å²) in [6.45, 7) is 0.315. The number of nitrogens with zero attached hydrogens (tertiary/aromatic N) is 1. The number of amides is 1. The van der Waals surface area contributed by atoms with E-state index in [0.717, 1.165) is 4.90 Å². The van der Waals surface area contributed by atoms with Crippen LogP contribution in [-0.4, -0.2) is 97.3 Å². The average Bonchev–Trinajstić information content (AvgIpc) is 2.43. The molecular weight excluding hydrogens is 302 g/mol. The summed E-state index contributed by atoms with van der Waals surface area (Å²) < 4.78 is 4.96. The number of aliphatic hydroxyl groups is 5. The first-order valence-electron chi connectivity index (χ1n) is 6.57. The molecule has 22 heavy (non-hydrogen) atoms. The number of carboxylic acid groups (broad SMARTS) is 1. The first-order valence-corrected chi connectivity index (χ1v) is 6.57. The summed E-state index contributed by atoms with van der Waals surface area (Å²) in [7, 11) is 1.29. The number of aliphatic carboxylic acids is 1. The van der Waals surface area contributed by atoms with Crippen LogP contribution in [0.4, 0.5) is 0 Å². The predicted molar refractivity (Wildman–Crippen MR) is 69.4 cm³/mol. The quantitative estimate of drug-likeness (QED) is 0.300. The van der Waals surface area contributed by atoms with Gasteiger partial charge in [0, 0.05) is 20.4 Å². The molecular formula is C12H21NO9. The summed E-state index contributed by atoms with van der Waals surface area (Å²) in [5, 5.41) is 57.4. The zero-order valence-electron chi connectivity index (χ0n) is 12.2. The van der Waals surface area contributed by atoms with Crippen LogP contribution in [0.2, 0.25) is 0 Å². The van der Waals surface area contributed by atoms with Gasteiger partial charge in [-0.15, -0.1) is 0 Å². The molecule has 1 saturated heterocycles. The Balaban J connectivity index is 3.19. The van der Waals surface area contributed by atoms with Gasteiger partial charge in [-0.3, -0.25) is 4.79 Å². The molecule has 6 atom stereocenters. The van der Waals surface area contributed by atoms with E-state index in [2.05, 4.69) is 0 Å². The number of carbonyl (C=O) groups excluding carboxylic acids is 1. The van der Waals surface area contributed by atoms with Crippen molar-refractivity contribution >= 4 is 11.9 Å². The number of rotatable bonds is 5. The maximum atomic E-state index is 11.5. The van der Waals surface area contributed by atoms with E-state index in [0.29, 0.717) is 0 Å². The number of carboxylic acids is 1. The van der Waals surface area contributed by atoms with Crippen LogP contribution in [0.5, 0.6) is 0 Å². The van der Waals surface area contributed by atoms with Gasteiger partial charge >= 0.3 is 5.97 Å². The third kappa shape index (κ3) is 3.54. The highest BCUT2D eigenvalue weighted by Gasteiger charge is 2.55. The van der Waals surface area contributed by atoms with Gasteiger partial charge in [0.2, 0.25) is 5.91 Å². The molecule has 0 aromatic heterocycles. The van der Waals surface area contributed by atoms with Crippen molar-refractivity contribution in [2.75, 3.05) is 13.7 Å². The SMILES string of the molecule is CC(=O)N(C)[C@H]1[C@H]([C@H](O)C(O)CO)O[C@](O)(C(=O)O)C[C@@H]1O. The summed E-state index contributed by atoms with van der Waals surface area (Å²) in [5.74, 6) is -5.08. The Morgan fingerprint density at radius 2 is 1.95 bits per heavy atom. The van der Waals surface area contributed by atoms with E-state index in [1.165, 1.54) is 14.0 Å². The van der Waals surface area contributed by atoms with Crippen LogP contribution in [0.15, 0.2) is 0 Å². The number of ether oxygens (including phenoxy) is 1. The molecule has 0 aromatic carbocycles. The Morgan fingerprint density at radius 1 is 1.41 bits per heavy atom. The largest absolute Gasteiger partial charge is 0.477 e. The molecule has 1 fully saturated rings. The third-order valence-electron chi connectivity index (χ3n) is 3.74. The summed E-state index contributed by atoms with van der Waals surface area (Å²) in [4.78, 5) is 23.6. The minimum absolute atomic E-state index is 0.510. The second-order valence-corrected chi connectivity index (χ2v) is 5.30. The zero-order valence-corrected chi connectivity index (χ0v) is 12.2. The molecule has 10 nitrogen and oxygen atoms in total. The highest BCUT2D eigenvalue weighted by atomic mass is 16.7. The highest BCUT2D eigenvalue weighted by Crippen LogP contribution is 2.32. The molecule has 0 saturated carbocycles. The van der Waals surface area contributed by atoms with Crippen molar-refractivity contribution < 1.29 is 45.0 Å². The molecule has 1 heterocycles. The Bertz CT molecular complexity index is 431. The summed E-state index contributed by atoms with van der Waals surface area (Å²) >= 11 is 0. The van der Waals surface area contributed by atoms with E-state index in [4.69, 9.17) is 14.9 Å². The lowest BCUT2D eigenvalue weighted by Gasteiger charge is -2.47. The topological polar surface area (TPSA) is 168 Å². The first-order chi connectivity index (χ1) is 10.0. The van der Waals surface area contributed by atoms with Crippen molar-refractivity contribution in [2.24, 2.45) is 0 Å². The van der Waals surface area contributed by atoms with Crippen LogP contribution < -0.4 is 0 Å². The second kappa shape index (κ2) is 6.86. The number of carbonyl (C=O) groups is 2. The van der Waals surface area contributed by atoms with Crippen LogP contribution in [-0.2, 0) is 14.3 Å². The lowest BCUT2D eigenvalue weighted by Crippen LogP contribution is -2.67. The molecule has 0 bridgehead atoms. The molecule has 0 aromatic rings. The molecule has 0 radical (unpaired) electrons. The van der Waals surface area contributed by atoms with E-state index in [1.54, 1.807) is 0 Å². The van der Waals surface area contributed by atoms with Crippen LogP contribution in [0.25, 0.3) is 0 Å². The van der Waals surface area contributed by atoms with Crippen LogP contribution in [0.1, 0.15) is 13.3 Å². The molecule has 1 rings (SSSR count). The normalized spacial score (nSPS) is 34.8. The van der Waals surface area contributed by atoms with Gasteiger partial charge in [0.05, 0.1) is 18.8 Å². The smallest absolute Gasteiger partial charge is 0.364 e. The monoisotopic (exact) mass is 323 g/mol. The van der Waals surface area contributed by atoms with Gasteiger partial charge in [-0.25, -0.2) is 4.79 Å². The van der Waals surface area contributed by atoms with E-state index in [9.17, 15) is 30.0 Å². The lowest BCUT2D eigenvalue weighted by molar-refractivity contribution is -0.302. The van der Waals surface area contributed by atoms with Gasteiger partial charge in [0.1, 0.15) is 18.3 Å².